The molecule has 1 aromatic rings. The highest BCUT2D eigenvalue weighted by Gasteiger charge is 2.33. The molecule has 9 heteroatoms. The van der Waals surface area contributed by atoms with Crippen molar-refractivity contribution in [3.8, 4) is 6.07 Å². The van der Waals surface area contributed by atoms with E-state index in [-0.39, 0.29) is 11.1 Å². The SMILES string of the molecule is CC(C)OC(=O)C(C#N)c1ccc(C(F)(F)F)cc1CS(=O)[O-]. The fourth-order valence-electron chi connectivity index (χ4n) is 1.87. The minimum atomic E-state index is -4.67. The van der Waals surface area contributed by atoms with Crippen LogP contribution >= 0.6 is 0 Å². The second-order valence-corrected chi connectivity index (χ2v) is 5.80. The molecule has 5 nitrogen and oxygen atoms in total. The predicted octanol–water partition coefficient (Wildman–Crippen LogP) is 2.64. The number of carbonyl (C=O) groups is 1. The van der Waals surface area contributed by atoms with E-state index in [0.29, 0.717) is 12.1 Å². The lowest BCUT2D eigenvalue weighted by molar-refractivity contribution is -0.147. The number of alkyl halides is 3. The van der Waals surface area contributed by atoms with Crippen molar-refractivity contribution < 1.29 is 31.5 Å². The number of ether oxygens (including phenoxy) is 1. The number of hydrogen-bond acceptors (Lipinski definition) is 5. The Hall–Kier alpha value is -1.92. The molecule has 0 saturated heterocycles. The molecule has 1 aromatic carbocycles. The zero-order valence-electron chi connectivity index (χ0n) is 12.2. The van der Waals surface area contributed by atoms with E-state index in [1.807, 2.05) is 0 Å². The van der Waals surface area contributed by atoms with Crippen molar-refractivity contribution in [1.29, 1.82) is 5.26 Å². The Morgan fingerprint density at radius 2 is 2.04 bits per heavy atom. The van der Waals surface area contributed by atoms with E-state index >= 15 is 0 Å². The summed E-state index contributed by atoms with van der Waals surface area (Å²) in [4.78, 5) is 11.9. The third-order valence-electron chi connectivity index (χ3n) is 2.77. The number of benzene rings is 1. The molecule has 23 heavy (non-hydrogen) atoms. The summed E-state index contributed by atoms with van der Waals surface area (Å²) in [6.45, 7) is 3.10. The molecular formula is C14H13F3NO4S-. The summed E-state index contributed by atoms with van der Waals surface area (Å²) in [5, 5.41) is 9.12. The van der Waals surface area contributed by atoms with Crippen molar-refractivity contribution in [1.82, 2.24) is 0 Å². The first-order chi connectivity index (χ1) is 10.6. The van der Waals surface area contributed by atoms with Crippen LogP contribution in [0.3, 0.4) is 0 Å². The maximum atomic E-state index is 12.7. The Bertz CT molecular complexity index is 652. The average Bonchev–Trinajstić information content (AvgIpc) is 2.38. The zero-order chi connectivity index (χ0) is 17.8. The van der Waals surface area contributed by atoms with Crippen molar-refractivity contribution in [3.05, 3.63) is 34.9 Å². The van der Waals surface area contributed by atoms with Crippen LogP contribution in [0.15, 0.2) is 18.2 Å². The first-order valence-corrected chi connectivity index (χ1v) is 7.66. The standard InChI is InChI=1S/C14H14F3NO4S/c1-8(2)22-13(19)12(6-18)11-4-3-10(14(15,16)17)5-9(11)7-23(20)21/h3-5,8,12H,7H2,1-2H3,(H,20,21)/p-1. The van der Waals surface area contributed by atoms with E-state index in [2.05, 4.69) is 0 Å². The van der Waals surface area contributed by atoms with Gasteiger partial charge in [0.25, 0.3) is 0 Å². The fraction of sp³-hybridized carbons (Fsp3) is 0.429. The molecule has 0 amide bonds. The highest BCUT2D eigenvalue weighted by molar-refractivity contribution is 7.78. The molecule has 0 aliphatic rings. The number of carbonyl (C=O) groups excluding carboxylic acids is 1. The first kappa shape index (κ1) is 19.1. The number of rotatable bonds is 5. The van der Waals surface area contributed by atoms with Crippen LogP contribution in [0.25, 0.3) is 0 Å². The molecule has 0 aliphatic heterocycles. The van der Waals surface area contributed by atoms with Crippen LogP contribution in [-0.2, 0) is 32.5 Å². The maximum Gasteiger partial charge on any atom is 0.416 e. The highest BCUT2D eigenvalue weighted by Crippen LogP contribution is 2.33. The number of halogens is 3. The molecule has 0 radical (unpaired) electrons. The molecule has 0 heterocycles. The molecule has 1 rings (SSSR count). The average molecular weight is 348 g/mol. The Morgan fingerprint density at radius 1 is 1.43 bits per heavy atom. The van der Waals surface area contributed by atoms with E-state index in [1.165, 1.54) is 0 Å². The van der Waals surface area contributed by atoms with E-state index in [4.69, 9.17) is 10.00 Å². The zero-order valence-corrected chi connectivity index (χ0v) is 13.0. The van der Waals surface area contributed by atoms with Crippen molar-refractivity contribution >= 4 is 17.0 Å². The lowest BCUT2D eigenvalue weighted by Crippen LogP contribution is -2.20. The summed E-state index contributed by atoms with van der Waals surface area (Å²) in [7, 11) is 0. The van der Waals surface area contributed by atoms with Gasteiger partial charge in [0, 0.05) is 5.75 Å². The minimum absolute atomic E-state index is 0.115. The second kappa shape index (κ2) is 7.57. The van der Waals surface area contributed by atoms with Gasteiger partial charge in [0.05, 0.1) is 17.7 Å². The molecule has 0 N–H and O–H groups in total. The highest BCUT2D eigenvalue weighted by atomic mass is 32.2. The summed E-state index contributed by atoms with van der Waals surface area (Å²) in [5.41, 5.74) is -1.44. The molecule has 0 aromatic heterocycles. The van der Waals surface area contributed by atoms with Gasteiger partial charge in [-0.2, -0.15) is 18.4 Å². The largest absolute Gasteiger partial charge is 0.772 e. The summed E-state index contributed by atoms with van der Waals surface area (Å²) >= 11 is -2.68. The van der Waals surface area contributed by atoms with Gasteiger partial charge in [0.2, 0.25) is 0 Å². The van der Waals surface area contributed by atoms with Gasteiger partial charge >= 0.3 is 12.1 Å². The van der Waals surface area contributed by atoms with Gasteiger partial charge in [-0.25, -0.2) is 0 Å². The van der Waals surface area contributed by atoms with Crippen LogP contribution in [0.4, 0.5) is 13.2 Å². The van der Waals surface area contributed by atoms with Crippen LogP contribution in [0.1, 0.15) is 36.5 Å². The summed E-state index contributed by atoms with van der Waals surface area (Å²) < 4.78 is 64.8. The molecule has 2 atom stereocenters. The Kier molecular flexibility index (Phi) is 6.29. The van der Waals surface area contributed by atoms with Gasteiger partial charge in [0.1, 0.15) is 0 Å². The van der Waals surface area contributed by atoms with E-state index < -0.39 is 46.6 Å². The Morgan fingerprint density at radius 3 is 2.48 bits per heavy atom. The van der Waals surface area contributed by atoms with Crippen molar-refractivity contribution in [2.24, 2.45) is 0 Å². The van der Waals surface area contributed by atoms with E-state index in [9.17, 15) is 26.7 Å². The van der Waals surface area contributed by atoms with Crippen molar-refractivity contribution in [2.45, 2.75) is 37.8 Å². The van der Waals surface area contributed by atoms with Gasteiger partial charge in [-0.15, -0.1) is 0 Å². The van der Waals surface area contributed by atoms with Gasteiger partial charge in [-0.05, 0) is 37.1 Å². The number of esters is 1. The second-order valence-electron chi connectivity index (χ2n) is 4.91. The first-order valence-electron chi connectivity index (χ1n) is 6.42. The third-order valence-corrected chi connectivity index (χ3v) is 3.32. The molecule has 0 aliphatic carbocycles. The van der Waals surface area contributed by atoms with Crippen LogP contribution in [0, 0.1) is 11.3 Å². The molecule has 126 valence electrons. The summed E-state index contributed by atoms with van der Waals surface area (Å²) in [6, 6.07) is 3.89. The number of hydrogen-bond donors (Lipinski definition) is 0. The summed E-state index contributed by atoms with van der Waals surface area (Å²) in [5.74, 6) is -3.19. The smallest absolute Gasteiger partial charge is 0.416 e. The van der Waals surface area contributed by atoms with Crippen LogP contribution in [0.2, 0.25) is 0 Å². The molecule has 0 fully saturated rings. The predicted molar refractivity (Wildman–Crippen MR) is 73.6 cm³/mol. The maximum absolute atomic E-state index is 12.7. The minimum Gasteiger partial charge on any atom is -0.772 e. The van der Waals surface area contributed by atoms with Crippen molar-refractivity contribution in [2.75, 3.05) is 0 Å². The molecule has 0 spiro atoms. The quantitative estimate of drug-likeness (QED) is 0.603. The van der Waals surface area contributed by atoms with Gasteiger partial charge in [-0.3, -0.25) is 9.00 Å². The van der Waals surface area contributed by atoms with Crippen molar-refractivity contribution in [3.63, 3.8) is 0 Å². The molecular weight excluding hydrogens is 335 g/mol. The normalized spacial score (nSPS) is 14.2. The number of nitriles is 1. The van der Waals surface area contributed by atoms with Crippen LogP contribution in [-0.4, -0.2) is 20.8 Å². The Labute approximate surface area is 133 Å². The van der Waals surface area contributed by atoms with E-state index in [0.717, 1.165) is 6.07 Å². The van der Waals surface area contributed by atoms with E-state index in [1.54, 1.807) is 19.9 Å². The third kappa shape index (κ3) is 5.33. The lowest BCUT2D eigenvalue weighted by Gasteiger charge is -2.18. The molecule has 2 unspecified atom stereocenters. The monoisotopic (exact) mass is 348 g/mol. The topological polar surface area (TPSA) is 90.2 Å². The van der Waals surface area contributed by atoms with Gasteiger partial charge in [-0.1, -0.05) is 17.1 Å². The van der Waals surface area contributed by atoms with Crippen LogP contribution in [0.5, 0.6) is 0 Å². The Balaban J connectivity index is 3.35. The van der Waals surface area contributed by atoms with Gasteiger partial charge < -0.3 is 9.29 Å². The summed E-state index contributed by atoms with van der Waals surface area (Å²) in [6.07, 6.45) is -5.19. The molecule has 0 saturated carbocycles. The molecule has 0 bridgehead atoms. The number of nitrogens with zero attached hydrogens (tertiary/aromatic N) is 1. The fourth-order valence-corrected chi connectivity index (χ4v) is 2.37. The lowest BCUT2D eigenvalue weighted by atomic mass is 9.94. The van der Waals surface area contributed by atoms with Crippen LogP contribution < -0.4 is 0 Å². The van der Waals surface area contributed by atoms with Gasteiger partial charge in [0.15, 0.2) is 5.92 Å².